The molecule has 0 unspecified atom stereocenters. The summed E-state index contributed by atoms with van der Waals surface area (Å²) in [5.74, 6) is 1.74. The van der Waals surface area contributed by atoms with E-state index in [-0.39, 0.29) is 12.3 Å². The van der Waals surface area contributed by atoms with Crippen molar-refractivity contribution in [1.82, 2.24) is 10.0 Å². The van der Waals surface area contributed by atoms with E-state index in [1.165, 1.54) is 5.56 Å². The Kier molecular flexibility index (Phi) is 3.42. The highest BCUT2D eigenvalue weighted by atomic mass is 16.7. The molecule has 1 fully saturated rings. The third kappa shape index (κ3) is 2.33. The summed E-state index contributed by atoms with van der Waals surface area (Å²) in [5, 5.41) is 8.63. The molecule has 2 atom stereocenters. The van der Waals surface area contributed by atoms with Crippen LogP contribution in [0.15, 0.2) is 59.8 Å². The molecule has 0 bridgehead atoms. The van der Waals surface area contributed by atoms with Crippen molar-refractivity contribution in [2.75, 3.05) is 14.2 Å². The van der Waals surface area contributed by atoms with Crippen LogP contribution in [0.25, 0.3) is 0 Å². The van der Waals surface area contributed by atoms with E-state index >= 15 is 0 Å². The van der Waals surface area contributed by atoms with Crippen LogP contribution in [0.1, 0.15) is 23.6 Å². The van der Waals surface area contributed by atoms with Gasteiger partial charge in [0.25, 0.3) is 0 Å². The molecule has 0 aromatic heterocycles. The van der Waals surface area contributed by atoms with Crippen LogP contribution in [0.4, 0.5) is 0 Å². The van der Waals surface area contributed by atoms with Crippen LogP contribution in [-0.2, 0) is 4.84 Å². The average molecular weight is 309 g/mol. The molecular formula is C18H19N3O2. The highest BCUT2D eigenvalue weighted by molar-refractivity contribution is 5.99. The van der Waals surface area contributed by atoms with Crippen LogP contribution in [0.3, 0.4) is 0 Å². The van der Waals surface area contributed by atoms with Crippen LogP contribution < -0.4 is 4.74 Å². The minimum atomic E-state index is -0.0395. The number of ether oxygens (including phenoxy) is 1. The van der Waals surface area contributed by atoms with Gasteiger partial charge in [-0.3, -0.25) is 0 Å². The Bertz CT molecular complexity index is 715. The number of rotatable bonds is 3. The molecule has 2 heterocycles. The molecule has 118 valence electrons. The van der Waals surface area contributed by atoms with E-state index in [0.29, 0.717) is 0 Å². The van der Waals surface area contributed by atoms with Crippen LogP contribution in [0, 0.1) is 0 Å². The molecular weight excluding hydrogens is 290 g/mol. The molecule has 0 spiro atoms. The Morgan fingerprint density at radius 1 is 1.09 bits per heavy atom. The molecule has 0 N–H and O–H groups in total. The summed E-state index contributed by atoms with van der Waals surface area (Å²) >= 11 is 0. The molecule has 2 aromatic carbocycles. The lowest BCUT2D eigenvalue weighted by atomic mass is 10.0. The SMILES string of the molecule is COc1ccc([C@@H]2C[C@@H]3ON=C(c4ccccc4)N3N2C)cc1. The number of oxime groups is 1. The van der Waals surface area contributed by atoms with Crippen molar-refractivity contribution in [2.24, 2.45) is 5.16 Å². The van der Waals surface area contributed by atoms with Gasteiger partial charge in [0.1, 0.15) is 5.75 Å². The minimum absolute atomic E-state index is 0.0395. The first-order chi connectivity index (χ1) is 11.3. The lowest BCUT2D eigenvalue weighted by Crippen LogP contribution is -2.41. The molecule has 0 saturated carbocycles. The predicted octanol–water partition coefficient (Wildman–Crippen LogP) is 3.01. The Balaban J connectivity index is 1.60. The smallest absolute Gasteiger partial charge is 0.216 e. The number of hydrogen-bond donors (Lipinski definition) is 0. The zero-order chi connectivity index (χ0) is 15.8. The Hall–Kier alpha value is -2.53. The van der Waals surface area contributed by atoms with Crippen LogP contribution in [-0.4, -0.2) is 36.2 Å². The first kappa shape index (κ1) is 14.1. The summed E-state index contributed by atoms with van der Waals surface area (Å²) in [5.41, 5.74) is 2.32. The largest absolute Gasteiger partial charge is 0.497 e. The van der Waals surface area contributed by atoms with E-state index in [1.807, 2.05) is 30.3 Å². The van der Waals surface area contributed by atoms with Crippen molar-refractivity contribution >= 4 is 5.84 Å². The number of hydrazine groups is 1. The molecule has 5 nitrogen and oxygen atoms in total. The number of hydrogen-bond acceptors (Lipinski definition) is 5. The second kappa shape index (κ2) is 5.59. The van der Waals surface area contributed by atoms with Gasteiger partial charge in [-0.1, -0.05) is 47.6 Å². The summed E-state index contributed by atoms with van der Waals surface area (Å²) in [4.78, 5) is 5.66. The standard InChI is InChI=1S/C18H19N3O2/c1-20-16(13-8-10-15(22-2)11-9-13)12-17-21(20)18(19-23-17)14-6-4-3-5-7-14/h3-11,16-17H,12H2,1-2H3/t16-,17-/m0/s1. The summed E-state index contributed by atoms with van der Waals surface area (Å²) in [6.07, 6.45) is 0.838. The van der Waals surface area contributed by atoms with Gasteiger partial charge < -0.3 is 9.57 Å². The van der Waals surface area contributed by atoms with Gasteiger partial charge in [0, 0.05) is 19.0 Å². The lowest BCUT2D eigenvalue weighted by Gasteiger charge is -2.28. The number of fused-ring (bicyclic) bond motifs is 1. The normalized spacial score (nSPS) is 23.4. The third-order valence-corrected chi connectivity index (χ3v) is 4.50. The molecule has 2 aliphatic rings. The average Bonchev–Trinajstić information content (AvgIpc) is 3.16. The van der Waals surface area contributed by atoms with Crippen molar-refractivity contribution in [3.63, 3.8) is 0 Å². The highest BCUT2D eigenvalue weighted by Gasteiger charge is 2.45. The summed E-state index contributed by atoms with van der Waals surface area (Å²) in [6.45, 7) is 0. The van der Waals surface area contributed by atoms with Crippen LogP contribution in [0.5, 0.6) is 5.75 Å². The summed E-state index contributed by atoms with van der Waals surface area (Å²) in [7, 11) is 3.77. The van der Waals surface area contributed by atoms with E-state index in [4.69, 9.17) is 9.57 Å². The summed E-state index contributed by atoms with van der Waals surface area (Å²) in [6, 6.07) is 18.6. The first-order valence-electron chi connectivity index (χ1n) is 7.73. The monoisotopic (exact) mass is 309 g/mol. The molecule has 2 aliphatic heterocycles. The molecule has 2 aromatic rings. The Morgan fingerprint density at radius 2 is 1.83 bits per heavy atom. The Labute approximate surface area is 135 Å². The molecule has 1 saturated heterocycles. The maximum absolute atomic E-state index is 5.66. The van der Waals surface area contributed by atoms with Crippen LogP contribution in [0.2, 0.25) is 0 Å². The van der Waals surface area contributed by atoms with Crippen molar-refractivity contribution < 1.29 is 9.57 Å². The first-order valence-corrected chi connectivity index (χ1v) is 7.73. The van der Waals surface area contributed by atoms with Gasteiger partial charge >= 0.3 is 0 Å². The van der Waals surface area contributed by atoms with E-state index in [1.54, 1.807) is 7.11 Å². The van der Waals surface area contributed by atoms with Gasteiger partial charge in [-0.25, -0.2) is 10.0 Å². The fourth-order valence-electron chi connectivity index (χ4n) is 3.27. The highest BCUT2D eigenvalue weighted by Crippen LogP contribution is 2.39. The van der Waals surface area contributed by atoms with Gasteiger partial charge in [-0.05, 0) is 17.7 Å². The molecule has 4 rings (SSSR count). The fraction of sp³-hybridized carbons (Fsp3) is 0.278. The molecule has 0 amide bonds. The molecule has 0 aliphatic carbocycles. The van der Waals surface area contributed by atoms with Crippen molar-refractivity contribution in [3.8, 4) is 5.75 Å². The number of amidine groups is 1. The molecule has 23 heavy (non-hydrogen) atoms. The molecule has 5 heteroatoms. The maximum Gasteiger partial charge on any atom is 0.216 e. The van der Waals surface area contributed by atoms with Gasteiger partial charge in [-0.2, -0.15) is 0 Å². The second-order valence-electron chi connectivity index (χ2n) is 5.78. The topological polar surface area (TPSA) is 37.3 Å². The van der Waals surface area contributed by atoms with E-state index < -0.39 is 0 Å². The van der Waals surface area contributed by atoms with Gasteiger partial charge in [0.2, 0.25) is 6.23 Å². The van der Waals surface area contributed by atoms with E-state index in [2.05, 4.69) is 46.5 Å². The van der Waals surface area contributed by atoms with Gasteiger partial charge in [0.05, 0.1) is 13.2 Å². The molecule has 0 radical (unpaired) electrons. The van der Waals surface area contributed by atoms with Crippen LogP contribution >= 0.6 is 0 Å². The van der Waals surface area contributed by atoms with Gasteiger partial charge in [-0.15, -0.1) is 0 Å². The van der Waals surface area contributed by atoms with Crippen molar-refractivity contribution in [2.45, 2.75) is 18.7 Å². The third-order valence-electron chi connectivity index (χ3n) is 4.50. The quantitative estimate of drug-likeness (QED) is 0.873. The zero-order valence-corrected chi connectivity index (χ0v) is 13.2. The second-order valence-corrected chi connectivity index (χ2v) is 5.78. The van der Waals surface area contributed by atoms with Crippen molar-refractivity contribution in [1.29, 1.82) is 0 Å². The van der Waals surface area contributed by atoms with E-state index in [0.717, 1.165) is 23.6 Å². The maximum atomic E-state index is 5.66. The lowest BCUT2D eigenvalue weighted by molar-refractivity contribution is -0.0265. The number of nitrogens with zero attached hydrogens (tertiary/aromatic N) is 3. The van der Waals surface area contributed by atoms with Crippen molar-refractivity contribution in [3.05, 3.63) is 65.7 Å². The van der Waals surface area contributed by atoms with Gasteiger partial charge in [0.15, 0.2) is 5.84 Å². The zero-order valence-electron chi connectivity index (χ0n) is 13.2. The van der Waals surface area contributed by atoms with E-state index in [9.17, 15) is 0 Å². The summed E-state index contributed by atoms with van der Waals surface area (Å²) < 4.78 is 5.24. The Morgan fingerprint density at radius 3 is 2.52 bits per heavy atom. The number of benzene rings is 2. The minimum Gasteiger partial charge on any atom is -0.497 e. The number of methoxy groups -OCH3 is 1. The predicted molar refractivity (Wildman–Crippen MR) is 87.8 cm³/mol. The fourth-order valence-corrected chi connectivity index (χ4v) is 3.27.